The summed E-state index contributed by atoms with van der Waals surface area (Å²) in [5, 5.41) is 11.0. The number of nitrogens with zero attached hydrogens (tertiary/aromatic N) is 1. The Labute approximate surface area is 140 Å². The second-order valence-electron chi connectivity index (χ2n) is 5.76. The molecule has 1 heterocycles. The molecule has 5 heteroatoms. The Morgan fingerprint density at radius 2 is 1.96 bits per heavy atom. The minimum atomic E-state index is -1.83. The van der Waals surface area contributed by atoms with E-state index in [9.17, 15) is 14.7 Å². The zero-order valence-corrected chi connectivity index (χ0v) is 13.7. The molecule has 1 aliphatic heterocycles. The molecule has 0 saturated carbocycles. The highest BCUT2D eigenvalue weighted by Gasteiger charge is 2.50. The van der Waals surface area contributed by atoms with Crippen LogP contribution >= 0.6 is 0 Å². The molecule has 0 bridgehead atoms. The van der Waals surface area contributed by atoms with Gasteiger partial charge in [0.25, 0.3) is 5.91 Å². The fourth-order valence-electron chi connectivity index (χ4n) is 3.12. The fourth-order valence-corrected chi connectivity index (χ4v) is 3.12. The minimum Gasteiger partial charge on any atom is -0.497 e. The van der Waals surface area contributed by atoms with Gasteiger partial charge in [-0.25, -0.2) is 0 Å². The number of para-hydroxylation sites is 1. The molecule has 0 fully saturated rings. The molecule has 2 aromatic carbocycles. The molecule has 0 saturated heterocycles. The number of methoxy groups -OCH3 is 1. The van der Waals surface area contributed by atoms with Gasteiger partial charge in [-0.15, -0.1) is 0 Å². The van der Waals surface area contributed by atoms with Crippen LogP contribution < -0.4 is 9.64 Å². The average molecular weight is 325 g/mol. The number of Topliss-reactive ketones (excluding diaryl/α,β-unsaturated/α-hetero) is 1. The van der Waals surface area contributed by atoms with Crippen molar-refractivity contribution >= 4 is 17.4 Å². The third kappa shape index (κ3) is 2.47. The van der Waals surface area contributed by atoms with Crippen LogP contribution in [-0.2, 0) is 10.4 Å². The molecule has 0 aliphatic carbocycles. The van der Waals surface area contributed by atoms with Gasteiger partial charge >= 0.3 is 0 Å². The Bertz CT molecular complexity index is 801. The molecule has 0 spiro atoms. The van der Waals surface area contributed by atoms with Gasteiger partial charge in [0.1, 0.15) is 5.75 Å². The summed E-state index contributed by atoms with van der Waals surface area (Å²) in [6, 6.07) is 13.7. The quantitative estimate of drug-likeness (QED) is 0.858. The lowest BCUT2D eigenvalue weighted by Crippen LogP contribution is -2.41. The van der Waals surface area contributed by atoms with E-state index in [0.29, 0.717) is 29.1 Å². The summed E-state index contributed by atoms with van der Waals surface area (Å²) >= 11 is 0. The molecule has 1 amide bonds. The lowest BCUT2D eigenvalue weighted by Gasteiger charge is -2.22. The van der Waals surface area contributed by atoms with Crippen molar-refractivity contribution in [1.82, 2.24) is 0 Å². The Morgan fingerprint density at radius 3 is 2.67 bits per heavy atom. The van der Waals surface area contributed by atoms with Crippen LogP contribution in [0.25, 0.3) is 0 Å². The summed E-state index contributed by atoms with van der Waals surface area (Å²) in [6.07, 6.45) is -0.299. The summed E-state index contributed by atoms with van der Waals surface area (Å²) in [6.45, 7) is 2.27. The molecule has 1 N–H and O–H groups in total. The number of hydrogen-bond acceptors (Lipinski definition) is 4. The van der Waals surface area contributed by atoms with Gasteiger partial charge < -0.3 is 14.7 Å². The number of ketones is 1. The lowest BCUT2D eigenvalue weighted by atomic mass is 9.88. The van der Waals surface area contributed by atoms with Gasteiger partial charge in [-0.3, -0.25) is 9.59 Å². The van der Waals surface area contributed by atoms with E-state index in [1.54, 1.807) is 42.5 Å². The van der Waals surface area contributed by atoms with Crippen LogP contribution in [0.15, 0.2) is 48.5 Å². The Hall–Kier alpha value is -2.66. The van der Waals surface area contributed by atoms with Gasteiger partial charge in [-0.2, -0.15) is 0 Å². The molecule has 124 valence electrons. The SMILES string of the molecule is CCN1C(=O)[C@](O)(CC(=O)c2cccc(OC)c2)c2ccccc21. The second kappa shape index (κ2) is 6.09. The Balaban J connectivity index is 1.96. The molecule has 0 radical (unpaired) electrons. The van der Waals surface area contributed by atoms with Crippen LogP contribution in [-0.4, -0.2) is 30.5 Å². The highest BCUT2D eigenvalue weighted by Crippen LogP contribution is 2.42. The van der Waals surface area contributed by atoms with E-state index in [4.69, 9.17) is 4.74 Å². The number of fused-ring (bicyclic) bond motifs is 1. The van der Waals surface area contributed by atoms with Crippen molar-refractivity contribution in [2.24, 2.45) is 0 Å². The number of hydrogen-bond donors (Lipinski definition) is 1. The van der Waals surface area contributed by atoms with Gasteiger partial charge in [0, 0.05) is 17.7 Å². The molecular weight excluding hydrogens is 306 g/mol. The van der Waals surface area contributed by atoms with E-state index in [1.807, 2.05) is 13.0 Å². The van der Waals surface area contributed by atoms with Crippen LogP contribution in [0.5, 0.6) is 5.75 Å². The number of carbonyl (C=O) groups is 2. The monoisotopic (exact) mass is 325 g/mol. The molecule has 5 nitrogen and oxygen atoms in total. The first kappa shape index (κ1) is 16.2. The maximum Gasteiger partial charge on any atom is 0.264 e. The van der Waals surface area contributed by atoms with E-state index in [-0.39, 0.29) is 12.2 Å². The third-order valence-corrected chi connectivity index (χ3v) is 4.36. The third-order valence-electron chi connectivity index (χ3n) is 4.36. The topological polar surface area (TPSA) is 66.8 Å². The number of benzene rings is 2. The number of likely N-dealkylation sites (N-methyl/N-ethyl adjacent to an activating group) is 1. The minimum absolute atomic E-state index is 0.299. The first-order valence-electron chi connectivity index (χ1n) is 7.82. The van der Waals surface area contributed by atoms with Crippen LogP contribution in [0.2, 0.25) is 0 Å². The van der Waals surface area contributed by atoms with E-state index in [0.717, 1.165) is 0 Å². The zero-order chi connectivity index (χ0) is 17.3. The Morgan fingerprint density at radius 1 is 1.21 bits per heavy atom. The largest absolute Gasteiger partial charge is 0.497 e. The van der Waals surface area contributed by atoms with Gasteiger partial charge in [-0.1, -0.05) is 30.3 Å². The van der Waals surface area contributed by atoms with Gasteiger partial charge in [0.2, 0.25) is 0 Å². The number of anilines is 1. The number of amides is 1. The molecular formula is C19H19NO4. The lowest BCUT2D eigenvalue weighted by molar-refractivity contribution is -0.135. The van der Waals surface area contributed by atoms with Gasteiger partial charge in [0.15, 0.2) is 11.4 Å². The van der Waals surface area contributed by atoms with Crippen LogP contribution in [0.4, 0.5) is 5.69 Å². The first-order chi connectivity index (χ1) is 11.5. The average Bonchev–Trinajstić information content (AvgIpc) is 2.82. The number of carbonyl (C=O) groups excluding carboxylic acids is 2. The summed E-state index contributed by atoms with van der Waals surface area (Å²) in [7, 11) is 1.52. The first-order valence-corrected chi connectivity index (χ1v) is 7.82. The molecule has 24 heavy (non-hydrogen) atoms. The fraction of sp³-hybridized carbons (Fsp3) is 0.263. The highest BCUT2D eigenvalue weighted by atomic mass is 16.5. The molecule has 1 aliphatic rings. The molecule has 0 aromatic heterocycles. The van der Waals surface area contributed by atoms with Crippen molar-refractivity contribution in [2.75, 3.05) is 18.6 Å². The van der Waals surface area contributed by atoms with E-state index in [1.165, 1.54) is 12.0 Å². The van der Waals surface area contributed by atoms with Crippen molar-refractivity contribution in [3.63, 3.8) is 0 Å². The zero-order valence-electron chi connectivity index (χ0n) is 13.7. The van der Waals surface area contributed by atoms with Crippen molar-refractivity contribution in [2.45, 2.75) is 18.9 Å². The van der Waals surface area contributed by atoms with Crippen molar-refractivity contribution < 1.29 is 19.4 Å². The molecule has 3 rings (SSSR count). The van der Waals surface area contributed by atoms with Crippen molar-refractivity contribution in [3.05, 3.63) is 59.7 Å². The number of aliphatic hydroxyl groups is 1. The summed E-state index contributed by atoms with van der Waals surface area (Å²) in [5.41, 5.74) is -0.283. The maximum atomic E-state index is 12.7. The summed E-state index contributed by atoms with van der Waals surface area (Å²) in [5.74, 6) is -0.207. The van der Waals surface area contributed by atoms with E-state index >= 15 is 0 Å². The second-order valence-corrected chi connectivity index (χ2v) is 5.76. The standard InChI is InChI=1S/C19H19NO4/c1-3-20-16-10-5-4-9-15(16)19(23,18(20)22)12-17(21)13-7-6-8-14(11-13)24-2/h4-11,23H,3,12H2,1-2H3/t19-/m0/s1. The normalized spacial score (nSPS) is 19.3. The maximum absolute atomic E-state index is 12.7. The van der Waals surface area contributed by atoms with E-state index < -0.39 is 11.5 Å². The number of ether oxygens (including phenoxy) is 1. The van der Waals surface area contributed by atoms with E-state index in [2.05, 4.69) is 0 Å². The predicted octanol–water partition coefficient (Wildman–Crippen LogP) is 2.52. The predicted molar refractivity (Wildman–Crippen MR) is 90.3 cm³/mol. The van der Waals surface area contributed by atoms with Crippen LogP contribution in [0.1, 0.15) is 29.3 Å². The molecule has 0 unspecified atom stereocenters. The summed E-state index contributed by atoms with van der Waals surface area (Å²) in [4.78, 5) is 26.9. The molecule has 2 aromatic rings. The molecule has 1 atom stereocenters. The van der Waals surface area contributed by atoms with Crippen molar-refractivity contribution in [1.29, 1.82) is 0 Å². The number of rotatable bonds is 5. The Kier molecular flexibility index (Phi) is 4.11. The van der Waals surface area contributed by atoms with Crippen LogP contribution in [0.3, 0.4) is 0 Å². The smallest absolute Gasteiger partial charge is 0.264 e. The van der Waals surface area contributed by atoms with Crippen molar-refractivity contribution in [3.8, 4) is 5.75 Å². The summed E-state index contributed by atoms with van der Waals surface area (Å²) < 4.78 is 5.12. The van der Waals surface area contributed by atoms with Gasteiger partial charge in [0.05, 0.1) is 19.2 Å². The van der Waals surface area contributed by atoms with Crippen LogP contribution in [0, 0.1) is 0 Å². The van der Waals surface area contributed by atoms with Gasteiger partial charge in [-0.05, 0) is 25.1 Å². The highest BCUT2D eigenvalue weighted by molar-refractivity contribution is 6.10.